The molecule has 0 spiro atoms. The molecular formula is C30H33FN6O. The number of benzene rings is 1. The number of nitriles is 2. The van der Waals surface area contributed by atoms with Crippen LogP contribution in [-0.2, 0) is 7.05 Å². The summed E-state index contributed by atoms with van der Waals surface area (Å²) in [6.07, 6.45) is 7.33. The van der Waals surface area contributed by atoms with E-state index in [4.69, 9.17) is 0 Å². The van der Waals surface area contributed by atoms with Gasteiger partial charge in [-0.25, -0.2) is 9.37 Å². The lowest BCUT2D eigenvalue weighted by Crippen LogP contribution is -2.46. The van der Waals surface area contributed by atoms with Gasteiger partial charge in [0.1, 0.15) is 34.7 Å². The Kier molecular flexibility index (Phi) is 7.08. The van der Waals surface area contributed by atoms with Crippen LogP contribution in [0.5, 0.6) is 0 Å². The van der Waals surface area contributed by atoms with Gasteiger partial charge in [-0.15, -0.1) is 0 Å². The number of nitrogens with zero attached hydrogens (tertiary/aromatic N) is 6. The first-order valence-electron chi connectivity index (χ1n) is 13.4. The Labute approximate surface area is 222 Å². The van der Waals surface area contributed by atoms with Crippen molar-refractivity contribution in [3.63, 3.8) is 0 Å². The van der Waals surface area contributed by atoms with Gasteiger partial charge in [0.25, 0.3) is 5.56 Å². The number of hydrogen-bond donors (Lipinski definition) is 0. The molecule has 196 valence electrons. The minimum Gasteiger partial charge on any atom is -0.369 e. The maximum atomic E-state index is 14.3. The Hall–Kier alpha value is -3.91. The van der Waals surface area contributed by atoms with Gasteiger partial charge in [0.15, 0.2) is 0 Å². The first kappa shape index (κ1) is 25.7. The lowest BCUT2D eigenvalue weighted by Gasteiger charge is -2.44. The van der Waals surface area contributed by atoms with E-state index >= 15 is 0 Å². The van der Waals surface area contributed by atoms with Crippen molar-refractivity contribution >= 4 is 22.4 Å². The molecule has 2 aliphatic carbocycles. The summed E-state index contributed by atoms with van der Waals surface area (Å²) in [5, 5.41) is 19.4. The van der Waals surface area contributed by atoms with Gasteiger partial charge in [-0.05, 0) is 87.3 Å². The monoisotopic (exact) mass is 512 g/mol. The molecule has 2 saturated carbocycles. The van der Waals surface area contributed by atoms with Crippen molar-refractivity contribution in [2.75, 3.05) is 23.4 Å². The lowest BCUT2D eigenvalue weighted by atomic mass is 9.83. The van der Waals surface area contributed by atoms with Gasteiger partial charge < -0.3 is 14.4 Å². The van der Waals surface area contributed by atoms with Crippen LogP contribution in [0.4, 0.5) is 15.8 Å². The summed E-state index contributed by atoms with van der Waals surface area (Å²) in [5.41, 5.74) is 3.41. The fourth-order valence-electron chi connectivity index (χ4n) is 6.14. The van der Waals surface area contributed by atoms with Crippen LogP contribution in [-0.4, -0.2) is 35.2 Å². The largest absolute Gasteiger partial charge is 0.369 e. The molecule has 0 radical (unpaired) electrons. The van der Waals surface area contributed by atoms with Crippen LogP contribution in [0.2, 0.25) is 0 Å². The first-order valence-corrected chi connectivity index (χ1v) is 13.4. The molecule has 1 aromatic carbocycles. The fraction of sp³-hybridized carbons (Fsp3) is 0.467. The molecule has 3 aromatic rings. The summed E-state index contributed by atoms with van der Waals surface area (Å²) >= 11 is 0. The molecule has 2 aliphatic rings. The summed E-state index contributed by atoms with van der Waals surface area (Å²) in [6, 6.07) is 13.2. The van der Waals surface area contributed by atoms with Gasteiger partial charge in [-0.3, -0.25) is 4.79 Å². The second kappa shape index (κ2) is 10.5. The highest BCUT2D eigenvalue weighted by molar-refractivity contribution is 5.92. The standard InChI is InChI=1S/C30H33FN6O/c1-19-13-21(31)15-25(14-19)37(18-20-5-4-6-20)24-10-8-23(9-11-24)35(2)29-26(17-33)30(38)36(3)27-12-7-22(16-32)34-28(27)29/h7,12-15,20,23-24H,4-6,8-11,18H2,1-3H3/t23-,24-. The molecular weight excluding hydrogens is 479 g/mol. The molecule has 0 unspecified atom stereocenters. The highest BCUT2D eigenvalue weighted by atomic mass is 19.1. The van der Waals surface area contributed by atoms with E-state index in [1.807, 2.05) is 18.9 Å². The maximum absolute atomic E-state index is 14.3. The van der Waals surface area contributed by atoms with Crippen LogP contribution in [0.15, 0.2) is 35.1 Å². The third-order valence-corrected chi connectivity index (χ3v) is 8.49. The Balaban J connectivity index is 1.43. The van der Waals surface area contributed by atoms with E-state index in [-0.39, 0.29) is 28.7 Å². The topological polar surface area (TPSA) is 89.0 Å². The zero-order valence-corrected chi connectivity index (χ0v) is 22.2. The van der Waals surface area contributed by atoms with Gasteiger partial charge >= 0.3 is 0 Å². The Morgan fingerprint density at radius 2 is 1.76 bits per heavy atom. The van der Waals surface area contributed by atoms with Crippen molar-refractivity contribution in [1.82, 2.24) is 9.55 Å². The van der Waals surface area contributed by atoms with Gasteiger partial charge in [-0.1, -0.05) is 6.42 Å². The first-order chi connectivity index (χ1) is 18.3. The highest BCUT2D eigenvalue weighted by Gasteiger charge is 2.33. The number of pyridine rings is 2. The second-order valence-corrected chi connectivity index (χ2v) is 10.9. The van der Waals surface area contributed by atoms with Crippen molar-refractivity contribution in [1.29, 1.82) is 10.5 Å². The molecule has 8 heteroatoms. The normalized spacial score (nSPS) is 19.4. The van der Waals surface area contributed by atoms with Crippen LogP contribution in [0.25, 0.3) is 11.0 Å². The third kappa shape index (κ3) is 4.72. The summed E-state index contributed by atoms with van der Waals surface area (Å²) in [6.45, 7) is 2.89. The molecule has 0 atom stereocenters. The van der Waals surface area contributed by atoms with Crippen molar-refractivity contribution in [3.05, 3.63) is 63.3 Å². The number of rotatable bonds is 6. The predicted molar refractivity (Wildman–Crippen MR) is 147 cm³/mol. The summed E-state index contributed by atoms with van der Waals surface area (Å²) in [7, 11) is 3.54. The maximum Gasteiger partial charge on any atom is 0.270 e. The number of anilines is 2. The number of hydrogen-bond acceptors (Lipinski definition) is 6. The van der Waals surface area contributed by atoms with E-state index in [1.54, 1.807) is 31.3 Å². The smallest absolute Gasteiger partial charge is 0.270 e. The van der Waals surface area contributed by atoms with E-state index in [9.17, 15) is 19.7 Å². The van der Waals surface area contributed by atoms with Crippen molar-refractivity contribution in [3.8, 4) is 12.1 Å². The number of fused-ring (bicyclic) bond motifs is 1. The second-order valence-electron chi connectivity index (χ2n) is 10.9. The average molecular weight is 513 g/mol. The Bertz CT molecular complexity index is 1480. The SMILES string of the molecule is Cc1cc(F)cc(N(CC2CCC2)[C@H]2CC[C@H](N(C)c3c(C#N)c(=O)n(C)c4ccc(C#N)nc34)CC2)c1. The molecule has 5 rings (SSSR count). The van der Waals surface area contributed by atoms with Crippen LogP contribution in [0.1, 0.15) is 61.8 Å². The van der Waals surface area contributed by atoms with E-state index in [0.717, 1.165) is 43.5 Å². The molecule has 2 fully saturated rings. The molecule has 0 bridgehead atoms. The van der Waals surface area contributed by atoms with E-state index < -0.39 is 0 Å². The number of aromatic nitrogens is 2. The van der Waals surface area contributed by atoms with E-state index in [1.165, 1.54) is 23.8 Å². The van der Waals surface area contributed by atoms with Gasteiger partial charge in [0.2, 0.25) is 0 Å². The molecule has 7 nitrogen and oxygen atoms in total. The van der Waals surface area contributed by atoms with Crippen LogP contribution >= 0.6 is 0 Å². The number of aryl methyl sites for hydroxylation is 2. The fourth-order valence-corrected chi connectivity index (χ4v) is 6.14. The van der Waals surface area contributed by atoms with E-state index in [0.29, 0.717) is 28.7 Å². The van der Waals surface area contributed by atoms with Crippen LogP contribution < -0.4 is 15.4 Å². The Morgan fingerprint density at radius 1 is 1.05 bits per heavy atom. The van der Waals surface area contributed by atoms with Gasteiger partial charge in [0.05, 0.1) is 11.2 Å². The van der Waals surface area contributed by atoms with Gasteiger partial charge in [0, 0.05) is 38.4 Å². The zero-order valence-electron chi connectivity index (χ0n) is 22.2. The van der Waals surface area contributed by atoms with Crippen LogP contribution in [0.3, 0.4) is 0 Å². The van der Waals surface area contributed by atoms with Crippen molar-refractivity contribution < 1.29 is 4.39 Å². The Morgan fingerprint density at radius 3 is 2.37 bits per heavy atom. The van der Waals surface area contributed by atoms with Crippen molar-refractivity contribution in [2.45, 2.75) is 64.0 Å². The van der Waals surface area contributed by atoms with Crippen molar-refractivity contribution in [2.24, 2.45) is 13.0 Å². The lowest BCUT2D eigenvalue weighted by molar-refractivity contribution is 0.290. The molecule has 0 amide bonds. The summed E-state index contributed by atoms with van der Waals surface area (Å²) in [5.74, 6) is 0.460. The summed E-state index contributed by atoms with van der Waals surface area (Å²) in [4.78, 5) is 22.0. The molecule has 2 aromatic heterocycles. The molecule has 38 heavy (non-hydrogen) atoms. The quantitative estimate of drug-likeness (QED) is 0.452. The molecule has 2 heterocycles. The molecule has 0 aliphatic heterocycles. The number of halogens is 1. The average Bonchev–Trinajstić information content (AvgIpc) is 2.89. The predicted octanol–water partition coefficient (Wildman–Crippen LogP) is 5.18. The van der Waals surface area contributed by atoms with Crippen LogP contribution in [0, 0.1) is 41.3 Å². The highest BCUT2D eigenvalue weighted by Crippen LogP contribution is 2.37. The molecule has 0 saturated heterocycles. The zero-order chi connectivity index (χ0) is 27.0. The molecule has 0 N–H and O–H groups in total. The van der Waals surface area contributed by atoms with Gasteiger partial charge in [-0.2, -0.15) is 10.5 Å². The minimum atomic E-state index is -0.366. The van der Waals surface area contributed by atoms with E-state index in [2.05, 4.69) is 28.1 Å². The summed E-state index contributed by atoms with van der Waals surface area (Å²) < 4.78 is 15.8. The third-order valence-electron chi connectivity index (χ3n) is 8.49. The minimum absolute atomic E-state index is 0.0501.